The Morgan fingerprint density at radius 1 is 0.920 bits per heavy atom. The molecule has 0 heterocycles. The molecule has 0 aliphatic heterocycles. The van der Waals surface area contributed by atoms with Gasteiger partial charge in [-0.25, -0.2) is 9.59 Å². The molecular weight excluding hydrogens is 320 g/mol. The summed E-state index contributed by atoms with van der Waals surface area (Å²) in [6.07, 6.45) is 11.1. The van der Waals surface area contributed by atoms with Crippen LogP contribution in [0.3, 0.4) is 0 Å². The lowest BCUT2D eigenvalue weighted by atomic mass is 9.90. The van der Waals surface area contributed by atoms with Crippen molar-refractivity contribution in [3.63, 3.8) is 0 Å². The molecule has 2 rings (SSSR count). The van der Waals surface area contributed by atoms with E-state index < -0.39 is 17.7 Å². The fraction of sp³-hybridized carbons (Fsp3) is 0.895. The van der Waals surface area contributed by atoms with Crippen molar-refractivity contribution in [3.05, 3.63) is 0 Å². The lowest BCUT2D eigenvalue weighted by Crippen LogP contribution is -2.47. The Hall–Kier alpha value is -1.30. The molecule has 144 valence electrons. The standard InChI is InChI=1S/C19H34N2O4/c1-19(2,3)24-18(23)20-14-17(22)25-21(15-10-6-4-7-11-15)16-12-8-5-9-13-16/h15-16H,4-14H2,1-3H3,(H,20,23). The molecule has 6 heteroatoms. The Balaban J connectivity index is 1.86. The number of carbonyl (C=O) groups is 2. The summed E-state index contributed by atoms with van der Waals surface area (Å²) in [7, 11) is 0. The molecule has 0 aromatic carbocycles. The lowest BCUT2D eigenvalue weighted by molar-refractivity contribution is -0.221. The number of nitrogens with zero attached hydrogens (tertiary/aromatic N) is 1. The van der Waals surface area contributed by atoms with E-state index in [1.54, 1.807) is 20.8 Å². The maximum Gasteiger partial charge on any atom is 0.408 e. The molecule has 1 amide bonds. The van der Waals surface area contributed by atoms with Crippen LogP contribution >= 0.6 is 0 Å². The van der Waals surface area contributed by atoms with Gasteiger partial charge in [0.05, 0.1) is 0 Å². The zero-order valence-electron chi connectivity index (χ0n) is 16.0. The molecule has 0 bridgehead atoms. The minimum Gasteiger partial charge on any atom is -0.444 e. The minimum atomic E-state index is -0.591. The second-order valence-electron chi connectivity index (χ2n) is 8.26. The summed E-state index contributed by atoms with van der Waals surface area (Å²) in [6, 6.07) is 0.643. The largest absolute Gasteiger partial charge is 0.444 e. The van der Waals surface area contributed by atoms with Crippen LogP contribution in [0, 0.1) is 0 Å². The van der Waals surface area contributed by atoms with Crippen molar-refractivity contribution in [3.8, 4) is 0 Å². The molecule has 0 radical (unpaired) electrons. The van der Waals surface area contributed by atoms with Crippen molar-refractivity contribution >= 4 is 12.1 Å². The van der Waals surface area contributed by atoms with E-state index in [0.29, 0.717) is 12.1 Å². The highest BCUT2D eigenvalue weighted by molar-refractivity contribution is 5.77. The van der Waals surface area contributed by atoms with Gasteiger partial charge in [0.2, 0.25) is 0 Å². The quantitative estimate of drug-likeness (QED) is 0.758. The first-order valence-corrected chi connectivity index (χ1v) is 9.81. The van der Waals surface area contributed by atoms with Gasteiger partial charge in [-0.2, -0.15) is 0 Å². The van der Waals surface area contributed by atoms with Gasteiger partial charge in [0.1, 0.15) is 12.1 Å². The summed E-state index contributed by atoms with van der Waals surface area (Å²) < 4.78 is 5.15. The predicted molar refractivity (Wildman–Crippen MR) is 95.9 cm³/mol. The highest BCUT2D eigenvalue weighted by Crippen LogP contribution is 2.30. The minimum absolute atomic E-state index is 0.162. The third-order valence-electron chi connectivity index (χ3n) is 4.85. The summed E-state index contributed by atoms with van der Waals surface area (Å²) in [4.78, 5) is 29.7. The average Bonchev–Trinajstić information content (AvgIpc) is 2.58. The predicted octanol–water partition coefficient (Wildman–Crippen LogP) is 3.94. The molecule has 0 aromatic heterocycles. The Morgan fingerprint density at radius 2 is 1.40 bits per heavy atom. The van der Waals surface area contributed by atoms with Crippen LogP contribution < -0.4 is 5.32 Å². The van der Waals surface area contributed by atoms with Crippen LogP contribution in [0.5, 0.6) is 0 Å². The molecule has 6 nitrogen and oxygen atoms in total. The highest BCUT2D eigenvalue weighted by atomic mass is 16.7. The van der Waals surface area contributed by atoms with Crippen molar-refractivity contribution in [2.45, 2.75) is 103 Å². The van der Waals surface area contributed by atoms with Crippen LogP contribution in [-0.4, -0.2) is 41.4 Å². The van der Waals surface area contributed by atoms with Gasteiger partial charge < -0.3 is 14.9 Å². The van der Waals surface area contributed by atoms with E-state index in [1.807, 2.05) is 5.06 Å². The zero-order chi connectivity index (χ0) is 18.3. The third kappa shape index (κ3) is 7.22. The van der Waals surface area contributed by atoms with Gasteiger partial charge in [0.15, 0.2) is 0 Å². The number of carbonyl (C=O) groups excluding carboxylic acids is 2. The third-order valence-corrected chi connectivity index (χ3v) is 4.85. The summed E-state index contributed by atoms with van der Waals surface area (Å²) >= 11 is 0. The van der Waals surface area contributed by atoms with Crippen LogP contribution in [0.15, 0.2) is 0 Å². The number of amides is 1. The van der Waals surface area contributed by atoms with E-state index in [9.17, 15) is 9.59 Å². The second-order valence-corrected chi connectivity index (χ2v) is 8.26. The molecule has 0 aromatic rings. The monoisotopic (exact) mass is 354 g/mol. The van der Waals surface area contributed by atoms with E-state index in [1.165, 1.54) is 38.5 Å². The lowest BCUT2D eigenvalue weighted by Gasteiger charge is -2.39. The number of ether oxygens (including phenoxy) is 1. The molecule has 0 atom stereocenters. The van der Waals surface area contributed by atoms with Gasteiger partial charge in [-0.15, -0.1) is 5.06 Å². The van der Waals surface area contributed by atoms with E-state index in [4.69, 9.17) is 9.57 Å². The molecule has 2 saturated carbocycles. The number of nitrogens with one attached hydrogen (secondary N) is 1. The van der Waals surface area contributed by atoms with Crippen molar-refractivity contribution in [2.75, 3.05) is 6.54 Å². The van der Waals surface area contributed by atoms with Crippen LogP contribution in [0.25, 0.3) is 0 Å². The van der Waals surface area contributed by atoms with Gasteiger partial charge in [0, 0.05) is 12.1 Å². The number of hydroxylamine groups is 2. The first-order valence-electron chi connectivity index (χ1n) is 9.81. The average molecular weight is 354 g/mol. The van der Waals surface area contributed by atoms with Gasteiger partial charge >= 0.3 is 12.1 Å². The molecule has 25 heavy (non-hydrogen) atoms. The number of hydrogen-bond donors (Lipinski definition) is 1. The van der Waals surface area contributed by atoms with Crippen molar-refractivity contribution in [2.24, 2.45) is 0 Å². The molecule has 1 N–H and O–H groups in total. The SMILES string of the molecule is CC(C)(C)OC(=O)NCC(=O)ON(C1CCCCC1)C1CCCCC1. The number of rotatable bonds is 5. The smallest absolute Gasteiger partial charge is 0.408 e. The van der Waals surface area contributed by atoms with Crippen LogP contribution in [0.2, 0.25) is 0 Å². The van der Waals surface area contributed by atoms with Crippen LogP contribution in [0.4, 0.5) is 4.79 Å². The molecule has 0 unspecified atom stereocenters. The molecule has 0 saturated heterocycles. The van der Waals surface area contributed by atoms with Gasteiger partial charge in [-0.3, -0.25) is 0 Å². The van der Waals surface area contributed by atoms with E-state index in [0.717, 1.165) is 25.7 Å². The summed E-state index contributed by atoms with van der Waals surface area (Å²) in [5.41, 5.74) is -0.579. The van der Waals surface area contributed by atoms with Crippen LogP contribution in [-0.2, 0) is 14.4 Å². The van der Waals surface area contributed by atoms with E-state index in [-0.39, 0.29) is 6.54 Å². The zero-order valence-corrected chi connectivity index (χ0v) is 16.0. The number of alkyl carbamates (subject to hydrolysis) is 1. The van der Waals surface area contributed by atoms with E-state index >= 15 is 0 Å². The molecule has 2 fully saturated rings. The Labute approximate surface area is 151 Å². The maximum absolute atomic E-state index is 12.3. The Morgan fingerprint density at radius 3 is 1.84 bits per heavy atom. The second kappa shape index (κ2) is 9.41. The first kappa shape index (κ1) is 20.0. The highest BCUT2D eigenvalue weighted by Gasteiger charge is 2.32. The molecular formula is C19H34N2O4. The van der Waals surface area contributed by atoms with Crippen LogP contribution in [0.1, 0.15) is 85.0 Å². The first-order chi connectivity index (χ1) is 11.8. The summed E-state index contributed by atoms with van der Waals surface area (Å²) in [5.74, 6) is -0.415. The van der Waals surface area contributed by atoms with Crippen molar-refractivity contribution in [1.29, 1.82) is 0 Å². The van der Waals surface area contributed by atoms with Gasteiger partial charge in [0.25, 0.3) is 0 Å². The maximum atomic E-state index is 12.3. The van der Waals surface area contributed by atoms with Crippen molar-refractivity contribution < 1.29 is 19.2 Å². The Bertz CT molecular complexity index is 417. The van der Waals surface area contributed by atoms with Crippen molar-refractivity contribution in [1.82, 2.24) is 10.4 Å². The number of hydrogen-bond acceptors (Lipinski definition) is 5. The van der Waals surface area contributed by atoms with E-state index in [2.05, 4.69) is 5.32 Å². The molecule has 0 spiro atoms. The summed E-state index contributed by atoms with van der Waals surface area (Å²) in [5, 5.41) is 4.46. The fourth-order valence-electron chi connectivity index (χ4n) is 3.73. The fourth-order valence-corrected chi connectivity index (χ4v) is 3.73. The van der Waals surface area contributed by atoms with Gasteiger partial charge in [-0.05, 0) is 46.5 Å². The van der Waals surface area contributed by atoms with Gasteiger partial charge in [-0.1, -0.05) is 38.5 Å². The topological polar surface area (TPSA) is 67.9 Å². The summed E-state index contributed by atoms with van der Waals surface area (Å²) in [6.45, 7) is 5.21. The normalized spacial score (nSPS) is 20.3. The Kier molecular flexibility index (Phi) is 7.54. The molecule has 2 aliphatic rings. The molecule has 2 aliphatic carbocycles.